The zero-order valence-corrected chi connectivity index (χ0v) is 16.2. The van der Waals surface area contributed by atoms with Crippen molar-refractivity contribution in [3.63, 3.8) is 0 Å². The number of pyridine rings is 1. The Bertz CT molecular complexity index is 1580. The van der Waals surface area contributed by atoms with Gasteiger partial charge in [-0.25, -0.2) is 18.7 Å². The average molecular weight is 409 g/mol. The first-order valence-electron chi connectivity index (χ1n) is 9.56. The molecule has 0 unspecified atom stereocenters. The highest BCUT2D eigenvalue weighted by molar-refractivity contribution is 6.07. The number of fused-ring (bicyclic) bond motifs is 3. The molecule has 2 aromatic carbocycles. The van der Waals surface area contributed by atoms with E-state index in [4.69, 9.17) is 6.42 Å². The highest BCUT2D eigenvalue weighted by atomic mass is 19.1. The van der Waals surface area contributed by atoms with Crippen LogP contribution in [0.1, 0.15) is 11.4 Å². The fourth-order valence-electron chi connectivity index (χ4n) is 4.10. The molecule has 5 aromatic rings. The highest BCUT2D eigenvalue weighted by Gasteiger charge is 2.35. The third-order valence-corrected chi connectivity index (χ3v) is 5.52. The van der Waals surface area contributed by atoms with Crippen molar-refractivity contribution < 1.29 is 8.78 Å². The van der Waals surface area contributed by atoms with Crippen molar-refractivity contribution in [1.82, 2.24) is 19.9 Å². The molecule has 0 saturated heterocycles. The number of rotatable bonds is 2. The van der Waals surface area contributed by atoms with Crippen LogP contribution in [0.15, 0.2) is 48.9 Å². The molecule has 3 aromatic heterocycles. The summed E-state index contributed by atoms with van der Waals surface area (Å²) in [5.41, 5.74) is 2.68. The molecular weight excluding hydrogens is 396 g/mol. The van der Waals surface area contributed by atoms with Crippen LogP contribution < -0.4 is 4.90 Å². The normalized spacial score (nSPS) is 12.3. The standard InChI is InChI=1S/C24H13F2N5/c1-3-14-17(25)8-7-13-5-4-6-15(20(13)14)22-21(26)23-16(9-28-22)24(30-12(2)29-23)31-18-10-27-11-19(18)31/h1,4-11,27H,2H3. The van der Waals surface area contributed by atoms with Crippen molar-refractivity contribution in [3.8, 4) is 23.6 Å². The number of halogens is 2. The number of aromatic amines is 1. The first kappa shape index (κ1) is 17.5. The van der Waals surface area contributed by atoms with E-state index in [1.165, 1.54) is 6.07 Å². The van der Waals surface area contributed by atoms with Gasteiger partial charge in [-0.1, -0.05) is 30.2 Å². The summed E-state index contributed by atoms with van der Waals surface area (Å²) in [6.07, 6.45) is 10.8. The lowest BCUT2D eigenvalue weighted by atomic mass is 9.96. The molecule has 1 N–H and O–H groups in total. The molecule has 31 heavy (non-hydrogen) atoms. The topological polar surface area (TPSA) is 57.5 Å². The number of aromatic nitrogens is 4. The minimum Gasteiger partial charge on any atom is -0.364 e. The van der Waals surface area contributed by atoms with Crippen molar-refractivity contribution in [1.29, 1.82) is 0 Å². The minimum atomic E-state index is -0.600. The maximum Gasteiger partial charge on any atom is 0.175 e. The van der Waals surface area contributed by atoms with Crippen LogP contribution in [-0.2, 0) is 0 Å². The van der Waals surface area contributed by atoms with Crippen LogP contribution in [0.25, 0.3) is 32.9 Å². The quantitative estimate of drug-likeness (QED) is 0.302. The number of anilines is 3. The second kappa shape index (κ2) is 6.09. The van der Waals surface area contributed by atoms with Crippen molar-refractivity contribution >= 4 is 38.9 Å². The van der Waals surface area contributed by atoms with Gasteiger partial charge >= 0.3 is 0 Å². The van der Waals surface area contributed by atoms with Crippen LogP contribution in [0.2, 0.25) is 0 Å². The van der Waals surface area contributed by atoms with Gasteiger partial charge in [0.2, 0.25) is 0 Å². The van der Waals surface area contributed by atoms with Crippen LogP contribution in [0, 0.1) is 30.9 Å². The largest absolute Gasteiger partial charge is 0.364 e. The molecule has 0 atom stereocenters. The van der Waals surface area contributed by atoms with E-state index in [-0.39, 0.29) is 16.8 Å². The van der Waals surface area contributed by atoms with E-state index in [2.05, 4.69) is 25.9 Å². The monoisotopic (exact) mass is 409 g/mol. The van der Waals surface area contributed by atoms with Crippen molar-refractivity contribution in [2.24, 2.45) is 0 Å². The number of hydrogen-bond donors (Lipinski definition) is 1. The Kier molecular flexibility index (Phi) is 3.45. The molecule has 0 amide bonds. The summed E-state index contributed by atoms with van der Waals surface area (Å²) in [4.78, 5) is 18.2. The Labute approximate surface area is 175 Å². The molecular formula is C24H13F2N5. The highest BCUT2D eigenvalue weighted by Crippen LogP contribution is 2.54. The first-order chi connectivity index (χ1) is 15.1. The molecule has 4 heterocycles. The number of aryl methyl sites for hydroxylation is 1. The third kappa shape index (κ3) is 2.39. The summed E-state index contributed by atoms with van der Waals surface area (Å²) in [6.45, 7) is 1.71. The summed E-state index contributed by atoms with van der Waals surface area (Å²) in [5, 5.41) is 1.64. The molecule has 7 heteroatoms. The van der Waals surface area contributed by atoms with E-state index in [0.29, 0.717) is 33.4 Å². The predicted octanol–water partition coefficient (Wildman–Crippen LogP) is 5.52. The van der Waals surface area contributed by atoms with Gasteiger partial charge in [0.25, 0.3) is 0 Å². The fraction of sp³-hybridized carbons (Fsp3) is 0.0417. The van der Waals surface area contributed by atoms with Gasteiger partial charge in [0.1, 0.15) is 22.9 Å². The van der Waals surface area contributed by atoms with Gasteiger partial charge in [-0.2, -0.15) is 0 Å². The Hall–Kier alpha value is -4.31. The van der Waals surface area contributed by atoms with Crippen LogP contribution >= 0.6 is 0 Å². The Morgan fingerprint density at radius 1 is 1.06 bits per heavy atom. The van der Waals surface area contributed by atoms with Gasteiger partial charge in [-0.15, -0.1) is 6.42 Å². The number of hydrogen-bond acceptors (Lipinski definition) is 4. The summed E-state index contributed by atoms with van der Waals surface area (Å²) in [5.74, 6) is 2.27. The molecule has 0 bridgehead atoms. The summed E-state index contributed by atoms with van der Waals surface area (Å²) in [6, 6.07) is 8.18. The number of nitrogens with zero attached hydrogens (tertiary/aromatic N) is 4. The van der Waals surface area contributed by atoms with Crippen LogP contribution in [0.4, 0.5) is 26.0 Å². The fourth-order valence-corrected chi connectivity index (χ4v) is 4.10. The zero-order valence-electron chi connectivity index (χ0n) is 16.2. The predicted molar refractivity (Wildman–Crippen MR) is 115 cm³/mol. The van der Waals surface area contributed by atoms with Crippen LogP contribution in [0.3, 0.4) is 0 Å². The molecule has 0 radical (unpaired) electrons. The van der Waals surface area contributed by atoms with E-state index in [0.717, 1.165) is 11.4 Å². The van der Waals surface area contributed by atoms with Gasteiger partial charge in [-0.05, 0) is 18.4 Å². The van der Waals surface area contributed by atoms with Crippen molar-refractivity contribution in [2.75, 3.05) is 4.90 Å². The molecule has 6 rings (SSSR count). The Morgan fingerprint density at radius 3 is 2.65 bits per heavy atom. The lowest BCUT2D eigenvalue weighted by molar-refractivity contribution is 0.626. The smallest absolute Gasteiger partial charge is 0.175 e. The van der Waals surface area contributed by atoms with Crippen LogP contribution in [-0.4, -0.2) is 19.9 Å². The Morgan fingerprint density at radius 2 is 1.87 bits per heavy atom. The summed E-state index contributed by atoms with van der Waals surface area (Å²) >= 11 is 0. The SMILES string of the molecule is C#Cc1c(F)ccc2cccc(-c3ncc4c(N5c6c[nH]cc65)nc(C)nc4c3F)c12. The first-order valence-corrected chi connectivity index (χ1v) is 9.56. The lowest BCUT2D eigenvalue weighted by Gasteiger charge is -2.13. The van der Waals surface area contributed by atoms with Crippen molar-refractivity contribution in [3.05, 3.63) is 71.9 Å². The summed E-state index contributed by atoms with van der Waals surface area (Å²) in [7, 11) is 0. The number of terminal acetylenes is 1. The van der Waals surface area contributed by atoms with Gasteiger partial charge in [0.15, 0.2) is 11.6 Å². The summed E-state index contributed by atoms with van der Waals surface area (Å²) < 4.78 is 30.2. The molecule has 0 aliphatic carbocycles. The molecule has 5 nitrogen and oxygen atoms in total. The zero-order chi connectivity index (χ0) is 21.3. The molecule has 1 aliphatic heterocycles. The number of benzene rings is 2. The van der Waals surface area contributed by atoms with E-state index >= 15 is 4.39 Å². The average Bonchev–Trinajstić information content (AvgIpc) is 3.24. The lowest BCUT2D eigenvalue weighted by Crippen LogP contribution is -2.03. The molecule has 0 saturated carbocycles. The van der Waals surface area contributed by atoms with Crippen LogP contribution in [0.5, 0.6) is 0 Å². The second-order valence-corrected chi connectivity index (χ2v) is 7.31. The van der Waals surface area contributed by atoms with Gasteiger partial charge < -0.3 is 4.98 Å². The van der Waals surface area contributed by atoms with Gasteiger partial charge in [0, 0.05) is 29.5 Å². The van der Waals surface area contributed by atoms with Crippen molar-refractivity contribution in [2.45, 2.75) is 6.92 Å². The van der Waals surface area contributed by atoms with E-state index in [1.54, 1.807) is 37.4 Å². The van der Waals surface area contributed by atoms with E-state index in [1.807, 2.05) is 17.3 Å². The third-order valence-electron chi connectivity index (χ3n) is 5.52. The minimum absolute atomic E-state index is 0.0651. The van der Waals surface area contributed by atoms with Gasteiger partial charge in [0.05, 0.1) is 22.3 Å². The molecule has 0 fully saturated rings. The second-order valence-electron chi connectivity index (χ2n) is 7.31. The van der Waals surface area contributed by atoms with E-state index < -0.39 is 11.6 Å². The maximum atomic E-state index is 15.8. The number of H-pyrrole nitrogens is 1. The number of nitrogens with one attached hydrogen (secondary N) is 1. The molecule has 1 aliphatic rings. The maximum absolute atomic E-state index is 15.8. The van der Waals surface area contributed by atoms with E-state index in [9.17, 15) is 4.39 Å². The molecule has 148 valence electrons. The Balaban J connectivity index is 1.63. The van der Waals surface area contributed by atoms with Gasteiger partial charge in [-0.3, -0.25) is 9.88 Å². The molecule has 0 spiro atoms.